The smallest absolute Gasteiger partial charge is 0.224 e. The Morgan fingerprint density at radius 1 is 1.17 bits per heavy atom. The molecule has 0 bridgehead atoms. The van der Waals surface area contributed by atoms with Gasteiger partial charge >= 0.3 is 0 Å². The number of halogens is 1. The van der Waals surface area contributed by atoms with E-state index in [2.05, 4.69) is 21.2 Å². The van der Waals surface area contributed by atoms with Crippen molar-refractivity contribution in [3.63, 3.8) is 0 Å². The summed E-state index contributed by atoms with van der Waals surface area (Å²) in [6.45, 7) is 1.49. The fourth-order valence-electron chi connectivity index (χ4n) is 3.36. The van der Waals surface area contributed by atoms with E-state index in [1.807, 2.05) is 36.2 Å². The Bertz CT molecular complexity index is 551. The van der Waals surface area contributed by atoms with E-state index in [1.165, 1.54) is 32.6 Å². The number of hydrogen-bond acceptors (Lipinski definition) is 2. The summed E-state index contributed by atoms with van der Waals surface area (Å²) in [5.41, 5.74) is 0.955. The third kappa shape index (κ3) is 5.62. The average molecular weight is 395 g/mol. The van der Waals surface area contributed by atoms with Crippen LogP contribution in [-0.2, 0) is 9.59 Å². The molecule has 4 nitrogen and oxygen atoms in total. The Morgan fingerprint density at radius 3 is 2.29 bits per heavy atom. The zero-order valence-corrected chi connectivity index (χ0v) is 16.1. The zero-order chi connectivity index (χ0) is 17.5. The summed E-state index contributed by atoms with van der Waals surface area (Å²) in [6.07, 6.45) is 7.41. The Hall–Kier alpha value is -1.36. The molecule has 1 N–H and O–H groups in total. The van der Waals surface area contributed by atoms with Gasteiger partial charge in [0.15, 0.2) is 0 Å². The van der Waals surface area contributed by atoms with Gasteiger partial charge in [-0.15, -0.1) is 0 Å². The lowest BCUT2D eigenvalue weighted by Crippen LogP contribution is -2.39. The average Bonchev–Trinajstić information content (AvgIpc) is 2.83. The Kier molecular flexibility index (Phi) is 7.28. The molecule has 1 unspecified atom stereocenters. The van der Waals surface area contributed by atoms with Crippen LogP contribution in [0.4, 0.5) is 0 Å². The zero-order valence-electron chi connectivity index (χ0n) is 14.6. The minimum absolute atomic E-state index is 0.101. The van der Waals surface area contributed by atoms with E-state index in [4.69, 9.17) is 0 Å². The van der Waals surface area contributed by atoms with Crippen molar-refractivity contribution in [2.24, 2.45) is 0 Å². The number of nitrogens with zero attached hydrogens (tertiary/aromatic N) is 1. The lowest BCUT2D eigenvalue weighted by atomic mass is 10.0. The molecule has 2 rings (SSSR count). The van der Waals surface area contributed by atoms with E-state index >= 15 is 0 Å². The van der Waals surface area contributed by atoms with Gasteiger partial charge in [0.05, 0.1) is 12.5 Å². The van der Waals surface area contributed by atoms with Crippen molar-refractivity contribution in [1.29, 1.82) is 0 Å². The van der Waals surface area contributed by atoms with E-state index in [0.717, 1.165) is 22.9 Å². The van der Waals surface area contributed by atoms with Crippen LogP contribution in [0, 0.1) is 0 Å². The monoisotopic (exact) mass is 394 g/mol. The second-order valence-electron chi connectivity index (χ2n) is 6.66. The number of amides is 2. The second kappa shape index (κ2) is 9.21. The number of nitrogens with one attached hydrogen (secondary N) is 1. The van der Waals surface area contributed by atoms with E-state index in [1.54, 1.807) is 0 Å². The fourth-order valence-corrected chi connectivity index (χ4v) is 3.62. The van der Waals surface area contributed by atoms with E-state index in [-0.39, 0.29) is 17.9 Å². The van der Waals surface area contributed by atoms with Crippen LogP contribution < -0.4 is 5.32 Å². The molecule has 1 saturated carbocycles. The topological polar surface area (TPSA) is 49.4 Å². The van der Waals surface area contributed by atoms with E-state index in [0.29, 0.717) is 12.5 Å². The minimum Gasteiger partial charge on any atom is -0.349 e. The number of benzene rings is 1. The maximum absolute atomic E-state index is 12.8. The maximum atomic E-state index is 12.8. The third-order valence-corrected chi connectivity index (χ3v) is 5.32. The Morgan fingerprint density at radius 2 is 1.75 bits per heavy atom. The number of carbonyl (C=O) groups excluding carboxylic acids is 2. The molecule has 132 valence electrons. The standard InChI is InChI=1S/C19H27BrN2O2/c1-14(23)21-18(15-9-11-16(20)12-10-15)13-19(24)22(2)17-7-5-3-4-6-8-17/h9-12,17-18H,3-8,13H2,1-2H3,(H,21,23). The van der Waals surface area contributed by atoms with Gasteiger partial charge in [-0.25, -0.2) is 0 Å². The molecular formula is C19H27BrN2O2. The highest BCUT2D eigenvalue weighted by Gasteiger charge is 2.24. The van der Waals surface area contributed by atoms with Crippen LogP contribution in [0.2, 0.25) is 0 Å². The Balaban J connectivity index is 2.05. The van der Waals surface area contributed by atoms with Crippen LogP contribution in [0.15, 0.2) is 28.7 Å². The SMILES string of the molecule is CC(=O)NC(CC(=O)N(C)C1CCCCCC1)c1ccc(Br)cc1. The highest BCUT2D eigenvalue weighted by atomic mass is 79.9. The molecule has 0 aromatic heterocycles. The molecule has 0 aliphatic heterocycles. The molecular weight excluding hydrogens is 368 g/mol. The van der Waals surface area contributed by atoms with Crippen LogP contribution >= 0.6 is 15.9 Å². The molecule has 5 heteroatoms. The fraction of sp³-hybridized carbons (Fsp3) is 0.579. The van der Waals surface area contributed by atoms with Crippen molar-refractivity contribution in [1.82, 2.24) is 10.2 Å². The molecule has 0 spiro atoms. The first kappa shape index (κ1) is 19.0. The quantitative estimate of drug-likeness (QED) is 0.760. The van der Waals surface area contributed by atoms with Gasteiger partial charge in [0.25, 0.3) is 0 Å². The summed E-state index contributed by atoms with van der Waals surface area (Å²) in [5.74, 6) is -0.0172. The number of rotatable bonds is 5. The summed E-state index contributed by atoms with van der Waals surface area (Å²) < 4.78 is 0.981. The van der Waals surface area contributed by atoms with Gasteiger partial charge in [-0.2, -0.15) is 0 Å². The van der Waals surface area contributed by atoms with Crippen molar-refractivity contribution in [2.45, 2.75) is 64.0 Å². The molecule has 1 aliphatic carbocycles. The molecule has 1 aromatic rings. The molecule has 1 atom stereocenters. The van der Waals surface area contributed by atoms with Crippen molar-refractivity contribution in [2.75, 3.05) is 7.05 Å². The van der Waals surface area contributed by atoms with Crippen LogP contribution in [-0.4, -0.2) is 29.8 Å². The summed E-state index contributed by atoms with van der Waals surface area (Å²) in [4.78, 5) is 26.2. The van der Waals surface area contributed by atoms with Crippen LogP contribution in [0.5, 0.6) is 0 Å². The van der Waals surface area contributed by atoms with E-state index in [9.17, 15) is 9.59 Å². The molecule has 1 fully saturated rings. The second-order valence-corrected chi connectivity index (χ2v) is 7.57. The van der Waals surface area contributed by atoms with Gasteiger partial charge in [-0.1, -0.05) is 53.7 Å². The first-order valence-electron chi connectivity index (χ1n) is 8.75. The highest BCUT2D eigenvalue weighted by molar-refractivity contribution is 9.10. The van der Waals surface area contributed by atoms with Gasteiger partial charge < -0.3 is 10.2 Å². The summed E-state index contributed by atoms with van der Waals surface area (Å²) in [5, 5.41) is 2.91. The predicted molar refractivity (Wildman–Crippen MR) is 99.6 cm³/mol. The number of carbonyl (C=O) groups is 2. The molecule has 2 amide bonds. The summed E-state index contributed by atoms with van der Waals surface area (Å²) in [6, 6.07) is 7.82. The minimum atomic E-state index is -0.281. The molecule has 1 aliphatic rings. The largest absolute Gasteiger partial charge is 0.349 e. The van der Waals surface area contributed by atoms with E-state index < -0.39 is 0 Å². The van der Waals surface area contributed by atoms with Gasteiger partial charge in [0, 0.05) is 24.5 Å². The lowest BCUT2D eigenvalue weighted by molar-refractivity contribution is -0.133. The van der Waals surface area contributed by atoms with Gasteiger partial charge in [-0.05, 0) is 30.5 Å². The lowest BCUT2D eigenvalue weighted by Gasteiger charge is -2.29. The highest BCUT2D eigenvalue weighted by Crippen LogP contribution is 2.24. The van der Waals surface area contributed by atoms with Crippen LogP contribution in [0.1, 0.15) is 63.5 Å². The number of hydrogen-bond donors (Lipinski definition) is 1. The van der Waals surface area contributed by atoms with Crippen molar-refractivity contribution < 1.29 is 9.59 Å². The molecule has 0 heterocycles. The van der Waals surface area contributed by atoms with Crippen molar-refractivity contribution in [3.05, 3.63) is 34.3 Å². The van der Waals surface area contributed by atoms with Crippen molar-refractivity contribution >= 4 is 27.7 Å². The molecule has 24 heavy (non-hydrogen) atoms. The van der Waals surface area contributed by atoms with Gasteiger partial charge in [0.1, 0.15) is 0 Å². The molecule has 0 saturated heterocycles. The van der Waals surface area contributed by atoms with Gasteiger partial charge in [0.2, 0.25) is 11.8 Å². The Labute approximate surface area is 153 Å². The first-order valence-corrected chi connectivity index (χ1v) is 9.55. The predicted octanol–water partition coefficient (Wildman–Crippen LogP) is 4.20. The normalized spacial score (nSPS) is 17.0. The van der Waals surface area contributed by atoms with Crippen LogP contribution in [0.3, 0.4) is 0 Å². The van der Waals surface area contributed by atoms with Crippen LogP contribution in [0.25, 0.3) is 0 Å². The molecule has 0 radical (unpaired) electrons. The third-order valence-electron chi connectivity index (χ3n) is 4.79. The first-order chi connectivity index (χ1) is 11.5. The molecule has 1 aromatic carbocycles. The van der Waals surface area contributed by atoms with Gasteiger partial charge in [-0.3, -0.25) is 9.59 Å². The van der Waals surface area contributed by atoms with Crippen molar-refractivity contribution in [3.8, 4) is 0 Å². The summed E-state index contributed by atoms with van der Waals surface area (Å²) in [7, 11) is 1.91. The maximum Gasteiger partial charge on any atom is 0.224 e. The summed E-state index contributed by atoms with van der Waals surface area (Å²) >= 11 is 3.42.